The Morgan fingerprint density at radius 3 is 2.57 bits per heavy atom. The zero-order chi connectivity index (χ0) is 10.4. The van der Waals surface area contributed by atoms with Crippen molar-refractivity contribution in [3.05, 3.63) is 5.82 Å². The Kier molecular flexibility index (Phi) is 4.52. The predicted octanol–water partition coefficient (Wildman–Crippen LogP) is 1.07. The molecule has 14 heavy (non-hydrogen) atoms. The van der Waals surface area contributed by atoms with Crippen molar-refractivity contribution in [3.63, 3.8) is 0 Å². The third kappa shape index (κ3) is 3.41. The maximum atomic E-state index is 5.56. The van der Waals surface area contributed by atoms with Gasteiger partial charge >= 0.3 is 0 Å². The van der Waals surface area contributed by atoms with Crippen LogP contribution in [0, 0.1) is 5.92 Å². The van der Waals surface area contributed by atoms with Gasteiger partial charge in [0.05, 0.1) is 0 Å². The van der Waals surface area contributed by atoms with Crippen LogP contribution in [0.2, 0.25) is 0 Å². The van der Waals surface area contributed by atoms with E-state index in [1.54, 1.807) is 0 Å². The lowest BCUT2D eigenvalue weighted by atomic mass is 9.94. The van der Waals surface area contributed by atoms with Crippen molar-refractivity contribution in [1.82, 2.24) is 20.6 Å². The average molecular weight is 197 g/mol. The summed E-state index contributed by atoms with van der Waals surface area (Å²) in [6, 6.07) is 0. The van der Waals surface area contributed by atoms with E-state index in [2.05, 4.69) is 34.5 Å². The monoisotopic (exact) mass is 197 g/mol. The molecule has 3 N–H and O–H groups in total. The van der Waals surface area contributed by atoms with Gasteiger partial charge in [-0.05, 0) is 25.3 Å². The minimum absolute atomic E-state index is 0.362. The summed E-state index contributed by atoms with van der Waals surface area (Å²) in [5.74, 6) is 1.87. The quantitative estimate of drug-likeness (QED) is 0.714. The van der Waals surface area contributed by atoms with Crippen molar-refractivity contribution in [1.29, 1.82) is 0 Å². The van der Waals surface area contributed by atoms with Gasteiger partial charge in [-0.3, -0.25) is 0 Å². The van der Waals surface area contributed by atoms with E-state index in [0.29, 0.717) is 18.4 Å². The molecule has 0 bridgehead atoms. The molecular formula is C9H19N5. The fraction of sp³-hybridized carbons (Fsp3) is 0.889. The number of aromatic amines is 1. The van der Waals surface area contributed by atoms with Gasteiger partial charge < -0.3 is 5.73 Å². The van der Waals surface area contributed by atoms with E-state index in [1.165, 1.54) is 6.42 Å². The molecule has 0 saturated heterocycles. The highest BCUT2D eigenvalue weighted by atomic mass is 15.5. The number of rotatable bonds is 6. The smallest absolute Gasteiger partial charge is 0.177 e. The molecule has 1 aromatic rings. The normalized spacial score (nSPS) is 13.4. The topological polar surface area (TPSA) is 80.5 Å². The summed E-state index contributed by atoms with van der Waals surface area (Å²) in [5.41, 5.74) is 5.56. The molecule has 80 valence electrons. The standard InChI is InChI=1S/C9H19N5/c1-7(2)3-4-8(5-6-10)9-11-13-14-12-9/h7-8H,3-6,10H2,1-2H3,(H,11,12,13,14). The van der Waals surface area contributed by atoms with Crippen molar-refractivity contribution >= 4 is 0 Å². The number of aromatic nitrogens is 4. The van der Waals surface area contributed by atoms with Gasteiger partial charge in [0.2, 0.25) is 0 Å². The molecule has 0 fully saturated rings. The number of hydrogen-bond acceptors (Lipinski definition) is 4. The lowest BCUT2D eigenvalue weighted by molar-refractivity contribution is 0.471. The van der Waals surface area contributed by atoms with Crippen LogP contribution in [0.5, 0.6) is 0 Å². The van der Waals surface area contributed by atoms with E-state index in [1.807, 2.05) is 0 Å². The second kappa shape index (κ2) is 5.70. The van der Waals surface area contributed by atoms with Crippen molar-refractivity contribution in [2.45, 2.75) is 39.0 Å². The van der Waals surface area contributed by atoms with Crippen LogP contribution in [0.25, 0.3) is 0 Å². The van der Waals surface area contributed by atoms with Gasteiger partial charge in [-0.2, -0.15) is 5.21 Å². The average Bonchev–Trinajstić information content (AvgIpc) is 2.64. The van der Waals surface area contributed by atoms with E-state index >= 15 is 0 Å². The Morgan fingerprint density at radius 1 is 1.29 bits per heavy atom. The van der Waals surface area contributed by atoms with Crippen molar-refractivity contribution in [3.8, 4) is 0 Å². The predicted molar refractivity (Wildman–Crippen MR) is 54.7 cm³/mol. The first-order chi connectivity index (χ1) is 6.74. The van der Waals surface area contributed by atoms with Crippen molar-refractivity contribution in [2.24, 2.45) is 11.7 Å². The molecule has 5 nitrogen and oxygen atoms in total. The molecule has 0 saturated carbocycles. The molecule has 0 aliphatic carbocycles. The third-order valence-corrected chi connectivity index (χ3v) is 2.33. The van der Waals surface area contributed by atoms with Gasteiger partial charge in [0.25, 0.3) is 0 Å². The highest BCUT2D eigenvalue weighted by Gasteiger charge is 2.15. The number of tetrazole rings is 1. The Morgan fingerprint density at radius 2 is 2.07 bits per heavy atom. The summed E-state index contributed by atoms with van der Waals surface area (Å²) < 4.78 is 0. The first kappa shape index (κ1) is 11.1. The van der Waals surface area contributed by atoms with Crippen LogP contribution >= 0.6 is 0 Å². The van der Waals surface area contributed by atoms with Crippen LogP contribution in [0.1, 0.15) is 44.9 Å². The molecular weight excluding hydrogens is 178 g/mol. The number of hydrogen-bond donors (Lipinski definition) is 2. The Balaban J connectivity index is 2.47. The summed E-state index contributed by atoms with van der Waals surface area (Å²) in [4.78, 5) is 0. The zero-order valence-electron chi connectivity index (χ0n) is 8.90. The summed E-state index contributed by atoms with van der Waals surface area (Å²) in [7, 11) is 0. The van der Waals surface area contributed by atoms with Crippen LogP contribution in [0.15, 0.2) is 0 Å². The molecule has 1 unspecified atom stereocenters. The van der Waals surface area contributed by atoms with E-state index in [0.717, 1.165) is 18.7 Å². The number of nitrogens with two attached hydrogens (primary N) is 1. The number of H-pyrrole nitrogens is 1. The van der Waals surface area contributed by atoms with E-state index in [4.69, 9.17) is 5.73 Å². The second-order valence-corrected chi connectivity index (χ2v) is 4.02. The van der Waals surface area contributed by atoms with Crippen molar-refractivity contribution < 1.29 is 0 Å². The SMILES string of the molecule is CC(C)CCC(CCN)c1nn[nH]n1. The highest BCUT2D eigenvalue weighted by molar-refractivity contribution is 4.90. The fourth-order valence-electron chi connectivity index (χ4n) is 1.48. The molecule has 1 heterocycles. The summed E-state index contributed by atoms with van der Waals surface area (Å²) in [5, 5.41) is 14.1. The molecule has 0 radical (unpaired) electrons. The zero-order valence-corrected chi connectivity index (χ0v) is 8.90. The van der Waals surface area contributed by atoms with Crippen molar-refractivity contribution in [2.75, 3.05) is 6.54 Å². The Hall–Kier alpha value is -0.970. The molecule has 0 aliphatic heterocycles. The number of nitrogens with one attached hydrogen (secondary N) is 1. The number of nitrogens with zero attached hydrogens (tertiary/aromatic N) is 3. The van der Waals surface area contributed by atoms with Gasteiger partial charge in [0.1, 0.15) is 0 Å². The Bertz CT molecular complexity index is 231. The lowest BCUT2D eigenvalue weighted by Crippen LogP contribution is -2.10. The molecule has 0 aromatic carbocycles. The second-order valence-electron chi connectivity index (χ2n) is 4.02. The van der Waals surface area contributed by atoms with E-state index in [9.17, 15) is 0 Å². The minimum atomic E-state index is 0.362. The van der Waals surface area contributed by atoms with E-state index in [-0.39, 0.29) is 0 Å². The van der Waals surface area contributed by atoms with Crippen LogP contribution in [-0.2, 0) is 0 Å². The Labute approximate surface area is 84.5 Å². The van der Waals surface area contributed by atoms with Gasteiger partial charge in [-0.25, -0.2) is 0 Å². The van der Waals surface area contributed by atoms with Crippen LogP contribution < -0.4 is 5.73 Å². The molecule has 1 atom stereocenters. The van der Waals surface area contributed by atoms with Gasteiger partial charge in [0, 0.05) is 5.92 Å². The molecule has 0 spiro atoms. The maximum Gasteiger partial charge on any atom is 0.177 e. The maximum absolute atomic E-state index is 5.56. The van der Waals surface area contributed by atoms with Crippen LogP contribution in [-0.4, -0.2) is 27.2 Å². The van der Waals surface area contributed by atoms with Crippen LogP contribution in [0.3, 0.4) is 0 Å². The van der Waals surface area contributed by atoms with Crippen LogP contribution in [0.4, 0.5) is 0 Å². The summed E-state index contributed by atoms with van der Waals surface area (Å²) in [6.07, 6.45) is 3.21. The first-order valence-corrected chi connectivity index (χ1v) is 5.17. The highest BCUT2D eigenvalue weighted by Crippen LogP contribution is 2.22. The summed E-state index contributed by atoms with van der Waals surface area (Å²) in [6.45, 7) is 5.11. The minimum Gasteiger partial charge on any atom is -0.330 e. The molecule has 0 amide bonds. The fourth-order valence-corrected chi connectivity index (χ4v) is 1.48. The first-order valence-electron chi connectivity index (χ1n) is 5.17. The van der Waals surface area contributed by atoms with Gasteiger partial charge in [-0.1, -0.05) is 25.5 Å². The van der Waals surface area contributed by atoms with Gasteiger partial charge in [-0.15, -0.1) is 10.2 Å². The molecule has 5 heteroatoms. The molecule has 0 aliphatic rings. The lowest BCUT2D eigenvalue weighted by Gasteiger charge is -2.12. The third-order valence-electron chi connectivity index (χ3n) is 2.33. The van der Waals surface area contributed by atoms with E-state index < -0.39 is 0 Å². The van der Waals surface area contributed by atoms with Gasteiger partial charge in [0.15, 0.2) is 5.82 Å². The molecule has 1 rings (SSSR count). The summed E-state index contributed by atoms with van der Waals surface area (Å²) >= 11 is 0. The molecule has 1 aromatic heterocycles. The largest absolute Gasteiger partial charge is 0.330 e.